The lowest BCUT2D eigenvalue weighted by atomic mass is 10.1. The highest BCUT2D eigenvalue weighted by Crippen LogP contribution is 2.35. The van der Waals surface area contributed by atoms with Crippen LogP contribution in [0.1, 0.15) is 12.0 Å². The molecule has 30 heavy (non-hydrogen) atoms. The number of aryl methyl sites for hydroxylation is 1. The van der Waals surface area contributed by atoms with E-state index in [1.165, 1.54) is 16.7 Å². The molecule has 0 radical (unpaired) electrons. The number of methoxy groups -OCH3 is 2. The number of thiocarbonyl (C=S) groups is 1. The molecular weight excluding hydrogens is 424 g/mol. The molecule has 0 aliphatic carbocycles. The van der Waals surface area contributed by atoms with E-state index in [4.69, 9.17) is 21.7 Å². The summed E-state index contributed by atoms with van der Waals surface area (Å²) in [7, 11) is 3.12. The van der Waals surface area contributed by atoms with Gasteiger partial charge in [0.05, 0.1) is 25.5 Å². The fraction of sp³-hybridized carbons (Fsp3) is 0.300. The summed E-state index contributed by atoms with van der Waals surface area (Å²) in [6.07, 6.45) is 7.78. The van der Waals surface area contributed by atoms with Gasteiger partial charge in [0.2, 0.25) is 5.91 Å². The van der Waals surface area contributed by atoms with E-state index >= 15 is 0 Å². The maximum absolute atomic E-state index is 12.8. The molecule has 10 heteroatoms. The van der Waals surface area contributed by atoms with Gasteiger partial charge in [0.1, 0.15) is 22.4 Å². The molecule has 1 aliphatic rings. The summed E-state index contributed by atoms with van der Waals surface area (Å²) in [5.41, 5.74) is 0.725. The van der Waals surface area contributed by atoms with Crippen LogP contribution in [0.15, 0.2) is 41.8 Å². The number of amides is 2. The Bertz CT molecular complexity index is 960. The highest BCUT2D eigenvalue weighted by Gasteiger charge is 2.33. The third-order valence-corrected chi connectivity index (χ3v) is 5.75. The summed E-state index contributed by atoms with van der Waals surface area (Å²) >= 11 is 6.47. The first-order valence-corrected chi connectivity index (χ1v) is 10.4. The van der Waals surface area contributed by atoms with E-state index in [1.54, 1.807) is 51.0 Å². The highest BCUT2D eigenvalue weighted by molar-refractivity contribution is 8.26. The van der Waals surface area contributed by atoms with Crippen molar-refractivity contribution in [2.24, 2.45) is 0 Å². The minimum atomic E-state index is -0.295. The number of carbonyl (C=O) groups excluding carboxylic acids is 2. The van der Waals surface area contributed by atoms with E-state index < -0.39 is 0 Å². The van der Waals surface area contributed by atoms with Gasteiger partial charge in [0.15, 0.2) is 0 Å². The first-order chi connectivity index (χ1) is 14.5. The largest absolute Gasteiger partial charge is 0.497 e. The topological polar surface area (TPSA) is 85.7 Å². The Hall–Kier alpha value is -2.85. The van der Waals surface area contributed by atoms with E-state index in [0.29, 0.717) is 27.3 Å². The molecule has 0 bridgehead atoms. The molecule has 1 aromatic carbocycles. The van der Waals surface area contributed by atoms with Crippen molar-refractivity contribution < 1.29 is 19.1 Å². The van der Waals surface area contributed by atoms with Crippen LogP contribution < -0.4 is 14.8 Å². The number of imidazole rings is 1. The van der Waals surface area contributed by atoms with Gasteiger partial charge >= 0.3 is 0 Å². The smallest absolute Gasteiger partial charge is 0.266 e. The summed E-state index contributed by atoms with van der Waals surface area (Å²) in [5.74, 6) is 0.688. The summed E-state index contributed by atoms with van der Waals surface area (Å²) in [5, 5.41) is 2.82. The van der Waals surface area contributed by atoms with Crippen molar-refractivity contribution in [1.82, 2.24) is 19.8 Å². The van der Waals surface area contributed by atoms with Gasteiger partial charge in [-0.15, -0.1) is 0 Å². The van der Waals surface area contributed by atoms with Gasteiger partial charge in [0.25, 0.3) is 5.91 Å². The Morgan fingerprint density at radius 1 is 1.33 bits per heavy atom. The fourth-order valence-corrected chi connectivity index (χ4v) is 4.07. The monoisotopic (exact) mass is 446 g/mol. The first-order valence-electron chi connectivity index (χ1n) is 9.21. The van der Waals surface area contributed by atoms with Crippen molar-refractivity contribution in [3.05, 3.63) is 47.4 Å². The van der Waals surface area contributed by atoms with Gasteiger partial charge in [-0.2, -0.15) is 0 Å². The van der Waals surface area contributed by atoms with Crippen LogP contribution in [0.2, 0.25) is 0 Å². The van der Waals surface area contributed by atoms with Crippen molar-refractivity contribution in [3.63, 3.8) is 0 Å². The Balaban J connectivity index is 1.57. The molecule has 0 spiro atoms. The van der Waals surface area contributed by atoms with Crippen molar-refractivity contribution in [1.29, 1.82) is 0 Å². The molecule has 1 aromatic heterocycles. The van der Waals surface area contributed by atoms with Crippen LogP contribution >= 0.6 is 24.0 Å². The third-order valence-electron chi connectivity index (χ3n) is 4.38. The van der Waals surface area contributed by atoms with Gasteiger partial charge in [-0.25, -0.2) is 4.98 Å². The van der Waals surface area contributed by atoms with E-state index in [9.17, 15) is 9.59 Å². The van der Waals surface area contributed by atoms with Crippen LogP contribution in [0.4, 0.5) is 0 Å². The predicted octanol–water partition coefficient (Wildman–Crippen LogP) is 2.31. The highest BCUT2D eigenvalue weighted by atomic mass is 32.2. The molecule has 0 saturated carbocycles. The summed E-state index contributed by atoms with van der Waals surface area (Å²) in [6.45, 7) is 1.16. The van der Waals surface area contributed by atoms with Crippen LogP contribution in [-0.4, -0.2) is 57.9 Å². The minimum absolute atomic E-state index is 0.104. The van der Waals surface area contributed by atoms with E-state index in [0.717, 1.165) is 18.5 Å². The molecule has 158 valence electrons. The number of nitrogens with zero attached hydrogens (tertiary/aromatic N) is 3. The number of thioether (sulfide) groups is 1. The second kappa shape index (κ2) is 10.3. The van der Waals surface area contributed by atoms with Crippen LogP contribution in [-0.2, 0) is 16.1 Å². The number of hydrogen-bond acceptors (Lipinski definition) is 7. The number of ether oxygens (including phenoxy) is 2. The zero-order valence-corrected chi connectivity index (χ0v) is 18.3. The Labute approximate surface area is 184 Å². The lowest BCUT2D eigenvalue weighted by molar-refractivity contribution is -0.128. The molecule has 1 N–H and O–H groups in total. The average molecular weight is 447 g/mol. The molecule has 2 heterocycles. The third kappa shape index (κ3) is 5.39. The van der Waals surface area contributed by atoms with Crippen LogP contribution in [0.3, 0.4) is 0 Å². The summed E-state index contributed by atoms with van der Waals surface area (Å²) in [6, 6.07) is 5.33. The summed E-state index contributed by atoms with van der Waals surface area (Å²) in [4.78, 5) is 30.7. The fourth-order valence-electron chi connectivity index (χ4n) is 2.82. The Morgan fingerprint density at radius 3 is 2.87 bits per heavy atom. The average Bonchev–Trinajstić information content (AvgIpc) is 3.35. The maximum atomic E-state index is 12.8. The molecule has 0 atom stereocenters. The number of hydrogen-bond donors (Lipinski definition) is 1. The van der Waals surface area contributed by atoms with Gasteiger partial charge in [-0.05, 0) is 24.6 Å². The van der Waals surface area contributed by atoms with Crippen LogP contribution in [0.5, 0.6) is 11.5 Å². The second-order valence-corrected chi connectivity index (χ2v) is 8.06. The molecule has 0 unspecified atom stereocenters. The molecule has 8 nitrogen and oxygen atoms in total. The molecule has 1 aliphatic heterocycles. The number of nitrogens with one attached hydrogen (secondary N) is 1. The quantitative estimate of drug-likeness (QED) is 0.359. The molecule has 3 rings (SSSR count). The molecule has 1 fully saturated rings. The van der Waals surface area contributed by atoms with E-state index in [1.807, 2.05) is 10.8 Å². The minimum Gasteiger partial charge on any atom is -0.497 e. The lowest BCUT2D eigenvalue weighted by Gasteiger charge is -2.14. The van der Waals surface area contributed by atoms with Crippen molar-refractivity contribution >= 4 is 46.2 Å². The summed E-state index contributed by atoms with van der Waals surface area (Å²) < 4.78 is 12.9. The number of carbonyl (C=O) groups is 2. The van der Waals surface area contributed by atoms with E-state index in [2.05, 4.69) is 10.3 Å². The van der Waals surface area contributed by atoms with Gasteiger partial charge in [-0.3, -0.25) is 14.5 Å². The molecular formula is C20H22N4O4S2. The van der Waals surface area contributed by atoms with Crippen molar-refractivity contribution in [2.45, 2.75) is 13.0 Å². The number of aromatic nitrogens is 2. The van der Waals surface area contributed by atoms with Crippen molar-refractivity contribution in [3.8, 4) is 11.5 Å². The Kier molecular flexibility index (Phi) is 7.47. The zero-order chi connectivity index (χ0) is 21.5. The molecule has 1 saturated heterocycles. The lowest BCUT2D eigenvalue weighted by Crippen LogP contribution is -2.39. The second-order valence-electron chi connectivity index (χ2n) is 6.38. The van der Waals surface area contributed by atoms with E-state index in [-0.39, 0.29) is 18.4 Å². The molecule has 2 amide bonds. The van der Waals surface area contributed by atoms with Gasteiger partial charge in [0, 0.05) is 37.1 Å². The van der Waals surface area contributed by atoms with Crippen LogP contribution in [0.25, 0.3) is 6.08 Å². The maximum Gasteiger partial charge on any atom is 0.266 e. The van der Waals surface area contributed by atoms with Gasteiger partial charge in [-0.1, -0.05) is 24.0 Å². The first kappa shape index (κ1) is 21.8. The Morgan fingerprint density at radius 2 is 2.17 bits per heavy atom. The number of benzene rings is 1. The van der Waals surface area contributed by atoms with Gasteiger partial charge < -0.3 is 19.4 Å². The van der Waals surface area contributed by atoms with Crippen molar-refractivity contribution in [2.75, 3.05) is 27.3 Å². The van der Waals surface area contributed by atoms with Crippen LogP contribution in [0, 0.1) is 0 Å². The zero-order valence-electron chi connectivity index (χ0n) is 16.7. The molecule has 2 aromatic rings. The SMILES string of the molecule is COc1ccc(C=C2SC(=S)N(CC(=O)NCCCn3ccnc3)C2=O)c(OC)c1. The number of rotatable bonds is 9. The predicted molar refractivity (Wildman–Crippen MR) is 119 cm³/mol. The normalized spacial score (nSPS) is 15.0. The standard InChI is InChI=1S/C20H22N4O4S2/c1-27-15-5-4-14(16(11-15)28-2)10-17-19(26)24(20(29)30-17)12-18(25)22-6-3-8-23-9-7-21-13-23/h4-5,7,9-11,13H,3,6,8,12H2,1-2H3,(H,22,25).